The maximum absolute atomic E-state index is 10.8. The minimum Gasteiger partial charge on any atom is -0.310 e. The van der Waals surface area contributed by atoms with E-state index in [1.807, 2.05) is 0 Å². The number of nitro groups is 1. The topological polar surface area (TPSA) is 55.2 Å². The second-order valence-corrected chi connectivity index (χ2v) is 4.48. The fourth-order valence-electron chi connectivity index (χ4n) is 1.74. The van der Waals surface area contributed by atoms with Crippen molar-refractivity contribution >= 4 is 17.3 Å². The first-order valence-corrected chi connectivity index (χ1v) is 5.71. The van der Waals surface area contributed by atoms with Crippen LogP contribution >= 0.6 is 11.6 Å². The summed E-state index contributed by atoms with van der Waals surface area (Å²) in [7, 11) is 0. The van der Waals surface area contributed by atoms with E-state index in [0.29, 0.717) is 23.2 Å². The van der Waals surface area contributed by atoms with Gasteiger partial charge >= 0.3 is 0 Å². The van der Waals surface area contributed by atoms with E-state index in [4.69, 9.17) is 11.6 Å². The van der Waals surface area contributed by atoms with E-state index >= 15 is 0 Å². The van der Waals surface area contributed by atoms with Crippen LogP contribution in [0.3, 0.4) is 0 Å². The molecule has 0 saturated heterocycles. The predicted molar refractivity (Wildman–Crippen MR) is 62.6 cm³/mol. The molecule has 4 nitrogen and oxygen atoms in total. The first-order valence-electron chi connectivity index (χ1n) is 5.33. The molecule has 0 atom stereocenters. The zero-order chi connectivity index (χ0) is 11.5. The van der Waals surface area contributed by atoms with Crippen molar-refractivity contribution in [3.63, 3.8) is 0 Å². The van der Waals surface area contributed by atoms with E-state index in [1.165, 1.54) is 12.5 Å². The molecule has 1 N–H and O–H groups in total. The minimum atomic E-state index is -0.367. The molecule has 0 amide bonds. The van der Waals surface area contributed by atoms with Crippen LogP contribution in [0.1, 0.15) is 24.8 Å². The summed E-state index contributed by atoms with van der Waals surface area (Å²) in [5.41, 5.74) is 0.792. The van der Waals surface area contributed by atoms with Gasteiger partial charge in [0, 0.05) is 29.2 Å². The van der Waals surface area contributed by atoms with Crippen LogP contribution in [0.4, 0.5) is 5.69 Å². The molecule has 0 bridgehead atoms. The zero-order valence-electron chi connectivity index (χ0n) is 8.78. The molecular weight excluding hydrogens is 228 g/mol. The maximum Gasteiger partial charge on any atom is 0.273 e. The second-order valence-electron chi connectivity index (χ2n) is 4.04. The highest BCUT2D eigenvalue weighted by molar-refractivity contribution is 6.30. The van der Waals surface area contributed by atoms with Gasteiger partial charge in [-0.25, -0.2) is 0 Å². The Labute approximate surface area is 98.8 Å². The molecule has 0 aromatic heterocycles. The standard InChI is InChI=1S/C11H13ClN2O2/c12-9-4-5-11(14(15)16)8(6-9)7-13-10-2-1-3-10/h4-6,10,13H,1-3,7H2. The van der Waals surface area contributed by atoms with Crippen LogP contribution in [0.15, 0.2) is 18.2 Å². The Kier molecular flexibility index (Phi) is 3.41. The maximum atomic E-state index is 10.8. The Bertz CT molecular complexity index is 405. The average molecular weight is 241 g/mol. The van der Waals surface area contributed by atoms with Crippen molar-refractivity contribution in [2.45, 2.75) is 31.8 Å². The van der Waals surface area contributed by atoms with Crippen molar-refractivity contribution in [2.24, 2.45) is 0 Å². The molecule has 1 aromatic rings. The first-order chi connectivity index (χ1) is 7.66. The van der Waals surface area contributed by atoms with Crippen molar-refractivity contribution < 1.29 is 4.92 Å². The lowest BCUT2D eigenvalue weighted by molar-refractivity contribution is -0.385. The fraction of sp³-hybridized carbons (Fsp3) is 0.455. The fourth-order valence-corrected chi connectivity index (χ4v) is 1.94. The molecule has 0 spiro atoms. The monoisotopic (exact) mass is 240 g/mol. The van der Waals surface area contributed by atoms with Crippen molar-refractivity contribution in [1.29, 1.82) is 0 Å². The van der Waals surface area contributed by atoms with Crippen molar-refractivity contribution in [3.05, 3.63) is 38.9 Å². The molecule has 2 rings (SSSR count). The van der Waals surface area contributed by atoms with Crippen LogP contribution in [0.2, 0.25) is 5.02 Å². The Morgan fingerprint density at radius 1 is 1.50 bits per heavy atom. The number of benzene rings is 1. The van der Waals surface area contributed by atoms with Crippen LogP contribution in [0, 0.1) is 10.1 Å². The van der Waals surface area contributed by atoms with Crippen LogP contribution in [0.25, 0.3) is 0 Å². The second kappa shape index (κ2) is 4.80. The largest absolute Gasteiger partial charge is 0.310 e. The number of nitrogens with one attached hydrogen (secondary N) is 1. The van der Waals surface area contributed by atoms with Gasteiger partial charge in [0.1, 0.15) is 0 Å². The normalized spacial score (nSPS) is 15.8. The van der Waals surface area contributed by atoms with E-state index in [9.17, 15) is 10.1 Å². The molecule has 0 aliphatic heterocycles. The van der Waals surface area contributed by atoms with Gasteiger partial charge in [-0.3, -0.25) is 10.1 Å². The molecule has 1 aliphatic carbocycles. The van der Waals surface area contributed by atoms with Gasteiger partial charge in [0.2, 0.25) is 0 Å². The summed E-state index contributed by atoms with van der Waals surface area (Å²) in [6.45, 7) is 0.515. The molecule has 5 heteroatoms. The van der Waals surface area contributed by atoms with Gasteiger partial charge in [0.15, 0.2) is 0 Å². The lowest BCUT2D eigenvalue weighted by atomic mass is 9.93. The van der Waals surface area contributed by atoms with Gasteiger partial charge in [0.25, 0.3) is 5.69 Å². The Morgan fingerprint density at radius 3 is 2.81 bits per heavy atom. The van der Waals surface area contributed by atoms with E-state index in [-0.39, 0.29) is 10.6 Å². The lowest BCUT2D eigenvalue weighted by Crippen LogP contribution is -2.34. The summed E-state index contributed by atoms with van der Waals surface area (Å²) in [5, 5.41) is 14.6. The van der Waals surface area contributed by atoms with Crippen molar-refractivity contribution in [1.82, 2.24) is 5.32 Å². The van der Waals surface area contributed by atoms with Crippen molar-refractivity contribution in [2.75, 3.05) is 0 Å². The smallest absolute Gasteiger partial charge is 0.273 e. The van der Waals surface area contributed by atoms with Gasteiger partial charge in [0.05, 0.1) is 4.92 Å². The zero-order valence-corrected chi connectivity index (χ0v) is 9.54. The van der Waals surface area contributed by atoms with E-state index in [1.54, 1.807) is 12.1 Å². The molecule has 1 aromatic carbocycles. The molecule has 1 aliphatic rings. The van der Waals surface area contributed by atoms with E-state index in [0.717, 1.165) is 12.8 Å². The Morgan fingerprint density at radius 2 is 2.25 bits per heavy atom. The lowest BCUT2D eigenvalue weighted by Gasteiger charge is -2.26. The quantitative estimate of drug-likeness (QED) is 0.650. The summed E-state index contributed by atoms with van der Waals surface area (Å²) in [6.07, 6.45) is 3.57. The molecule has 16 heavy (non-hydrogen) atoms. The van der Waals surface area contributed by atoms with Gasteiger partial charge in [-0.2, -0.15) is 0 Å². The van der Waals surface area contributed by atoms with E-state index < -0.39 is 0 Å². The highest BCUT2D eigenvalue weighted by Crippen LogP contribution is 2.24. The third-order valence-electron chi connectivity index (χ3n) is 2.92. The number of hydrogen-bond donors (Lipinski definition) is 1. The minimum absolute atomic E-state index is 0.135. The molecule has 0 unspecified atom stereocenters. The SMILES string of the molecule is O=[N+]([O-])c1ccc(Cl)cc1CNC1CCC1. The Hall–Kier alpha value is -1.13. The highest BCUT2D eigenvalue weighted by atomic mass is 35.5. The third kappa shape index (κ3) is 2.51. The summed E-state index contributed by atoms with van der Waals surface area (Å²) in [5.74, 6) is 0. The molecule has 0 heterocycles. The van der Waals surface area contributed by atoms with E-state index in [2.05, 4.69) is 5.32 Å². The van der Waals surface area contributed by atoms with Gasteiger partial charge in [-0.15, -0.1) is 0 Å². The van der Waals surface area contributed by atoms with Crippen LogP contribution < -0.4 is 5.32 Å². The van der Waals surface area contributed by atoms with Gasteiger partial charge < -0.3 is 5.32 Å². The average Bonchev–Trinajstić information content (AvgIpc) is 2.14. The third-order valence-corrected chi connectivity index (χ3v) is 3.16. The molecular formula is C11H13ClN2O2. The summed E-state index contributed by atoms with van der Waals surface area (Å²) < 4.78 is 0. The predicted octanol–water partition coefficient (Wildman–Crippen LogP) is 2.89. The van der Waals surface area contributed by atoms with Gasteiger partial charge in [-0.1, -0.05) is 18.0 Å². The molecule has 0 radical (unpaired) electrons. The number of nitrogens with zero attached hydrogens (tertiary/aromatic N) is 1. The first kappa shape index (κ1) is 11.4. The number of rotatable bonds is 4. The summed E-state index contributed by atoms with van der Waals surface area (Å²) >= 11 is 5.83. The molecule has 1 saturated carbocycles. The van der Waals surface area contributed by atoms with Gasteiger partial charge in [-0.05, 0) is 25.0 Å². The van der Waals surface area contributed by atoms with Crippen LogP contribution in [0.5, 0.6) is 0 Å². The van der Waals surface area contributed by atoms with Crippen LogP contribution in [-0.4, -0.2) is 11.0 Å². The Balaban J connectivity index is 2.09. The summed E-state index contributed by atoms with van der Waals surface area (Å²) in [4.78, 5) is 10.4. The van der Waals surface area contributed by atoms with Crippen molar-refractivity contribution in [3.8, 4) is 0 Å². The number of halogens is 1. The molecule has 86 valence electrons. The molecule has 1 fully saturated rings. The van der Waals surface area contributed by atoms with Crippen LogP contribution in [-0.2, 0) is 6.54 Å². The number of hydrogen-bond acceptors (Lipinski definition) is 3. The summed E-state index contributed by atoms with van der Waals surface area (Å²) in [6, 6.07) is 5.18. The number of nitro benzene ring substituents is 1. The highest BCUT2D eigenvalue weighted by Gasteiger charge is 2.19.